The zero-order chi connectivity index (χ0) is 12.1. The van der Waals surface area contributed by atoms with Gasteiger partial charge in [0, 0.05) is 17.4 Å². The molecule has 0 saturated carbocycles. The Morgan fingerprint density at radius 2 is 1.93 bits per heavy atom. The van der Waals surface area contributed by atoms with Gasteiger partial charge in [0.1, 0.15) is 0 Å². The van der Waals surface area contributed by atoms with Gasteiger partial charge in [-0.1, -0.05) is 0 Å². The number of carbonyl (C=O) groups is 1. The van der Waals surface area contributed by atoms with Gasteiger partial charge in [-0.05, 0) is 39.8 Å². The second kappa shape index (κ2) is 5.46. The fraction of sp³-hybridized carbons (Fsp3) is 0.455. The van der Waals surface area contributed by atoms with Crippen LogP contribution in [0.3, 0.4) is 0 Å². The molecule has 1 rings (SSSR count). The number of nitrogens with zero attached hydrogens (tertiary/aromatic N) is 1. The summed E-state index contributed by atoms with van der Waals surface area (Å²) < 4.78 is 0. The molecule has 0 spiro atoms. The first-order valence-corrected chi connectivity index (χ1v) is 4.65. The summed E-state index contributed by atoms with van der Waals surface area (Å²) in [4.78, 5) is 14.2. The molecule has 0 aliphatic rings. The van der Waals surface area contributed by atoms with E-state index in [4.69, 9.17) is 10.8 Å². The summed E-state index contributed by atoms with van der Waals surface area (Å²) in [6, 6.07) is 3.00. The molecule has 0 bridgehead atoms. The van der Waals surface area contributed by atoms with Crippen molar-refractivity contribution in [3.8, 4) is 0 Å². The Morgan fingerprint density at radius 1 is 1.47 bits per heavy atom. The minimum absolute atomic E-state index is 0. The highest BCUT2D eigenvalue weighted by molar-refractivity contribution is 5.87. The molecule has 0 atom stereocenters. The van der Waals surface area contributed by atoms with E-state index >= 15 is 0 Å². The molecular formula is C11H18N2O2. The summed E-state index contributed by atoms with van der Waals surface area (Å²) in [5, 5.41) is 8.48. The zero-order valence-corrected chi connectivity index (χ0v) is 9.61. The van der Waals surface area contributed by atoms with Crippen molar-refractivity contribution in [2.45, 2.75) is 33.2 Å². The first-order chi connectivity index (χ1) is 6.70. The quantitative estimate of drug-likeness (QED) is 0.741. The zero-order valence-electron chi connectivity index (χ0n) is 9.61. The molecule has 1 aromatic heterocycles. The molecule has 0 radical (unpaired) electrons. The Kier molecular flexibility index (Phi) is 4.94. The van der Waals surface area contributed by atoms with E-state index in [1.165, 1.54) is 18.3 Å². The molecule has 0 fully saturated rings. The lowest BCUT2D eigenvalue weighted by molar-refractivity contribution is 0.0696. The highest BCUT2D eigenvalue weighted by atomic mass is 16.4. The first-order valence-electron chi connectivity index (χ1n) is 4.65. The Balaban J connectivity index is 0.000000336. The van der Waals surface area contributed by atoms with Crippen LogP contribution >= 0.6 is 0 Å². The van der Waals surface area contributed by atoms with Crippen LogP contribution in [0.15, 0.2) is 18.3 Å². The number of aryl methyl sites for hydroxylation is 1. The summed E-state index contributed by atoms with van der Waals surface area (Å²) in [6.07, 6.45) is 1.48. The Hall–Kier alpha value is -1.42. The van der Waals surface area contributed by atoms with E-state index in [9.17, 15) is 4.79 Å². The van der Waals surface area contributed by atoms with E-state index in [2.05, 4.69) is 4.98 Å². The van der Waals surface area contributed by atoms with Crippen molar-refractivity contribution in [3.63, 3.8) is 0 Å². The molecule has 0 aromatic carbocycles. The van der Waals surface area contributed by atoms with Crippen molar-refractivity contribution in [3.05, 3.63) is 29.6 Å². The fourth-order valence-corrected chi connectivity index (χ4v) is 0.679. The minimum atomic E-state index is -0.912. The van der Waals surface area contributed by atoms with Gasteiger partial charge in [-0.2, -0.15) is 0 Å². The smallest absolute Gasteiger partial charge is 0.335 e. The Morgan fingerprint density at radius 3 is 2.20 bits per heavy atom. The molecule has 0 unspecified atom stereocenters. The fourth-order valence-electron chi connectivity index (χ4n) is 0.679. The molecular weight excluding hydrogens is 192 g/mol. The van der Waals surface area contributed by atoms with Crippen molar-refractivity contribution < 1.29 is 9.90 Å². The maximum atomic E-state index is 10.3. The minimum Gasteiger partial charge on any atom is -0.478 e. The van der Waals surface area contributed by atoms with Crippen LogP contribution in [0.4, 0.5) is 0 Å². The molecule has 15 heavy (non-hydrogen) atoms. The monoisotopic (exact) mass is 210 g/mol. The van der Waals surface area contributed by atoms with Crippen molar-refractivity contribution in [1.82, 2.24) is 4.98 Å². The number of carboxylic acid groups (broad SMARTS) is 1. The van der Waals surface area contributed by atoms with E-state index in [0.29, 0.717) is 0 Å². The summed E-state index contributed by atoms with van der Waals surface area (Å²) in [7, 11) is 0. The molecule has 4 heteroatoms. The van der Waals surface area contributed by atoms with Gasteiger partial charge >= 0.3 is 5.97 Å². The van der Waals surface area contributed by atoms with Gasteiger partial charge in [0.2, 0.25) is 0 Å². The number of rotatable bonds is 1. The number of pyridine rings is 1. The summed E-state index contributed by atoms with van der Waals surface area (Å²) in [5.41, 5.74) is 6.36. The van der Waals surface area contributed by atoms with Crippen molar-refractivity contribution in [1.29, 1.82) is 0 Å². The van der Waals surface area contributed by atoms with Gasteiger partial charge in [-0.15, -0.1) is 0 Å². The van der Waals surface area contributed by atoms with Gasteiger partial charge in [0.25, 0.3) is 0 Å². The molecule has 84 valence electrons. The standard InChI is InChI=1S/C7H7NO2.C4H11N/c1-5-4-6(7(9)10)2-3-8-5;1-4(2,3)5/h2-4H,1H3,(H,9,10);5H2,1-3H3. The van der Waals surface area contributed by atoms with Gasteiger partial charge in [-0.3, -0.25) is 4.98 Å². The molecule has 3 N–H and O–H groups in total. The molecule has 0 amide bonds. The summed E-state index contributed by atoms with van der Waals surface area (Å²) >= 11 is 0. The van der Waals surface area contributed by atoms with Gasteiger partial charge in [0.05, 0.1) is 5.56 Å². The predicted molar refractivity (Wildman–Crippen MR) is 59.9 cm³/mol. The molecule has 1 aromatic rings. The van der Waals surface area contributed by atoms with Crippen LogP contribution in [-0.2, 0) is 0 Å². The lowest BCUT2D eigenvalue weighted by atomic mass is 10.1. The maximum absolute atomic E-state index is 10.3. The van der Waals surface area contributed by atoms with E-state index in [1.54, 1.807) is 6.92 Å². The number of hydrogen-bond acceptors (Lipinski definition) is 3. The maximum Gasteiger partial charge on any atom is 0.335 e. The molecule has 0 aliphatic heterocycles. The van der Waals surface area contributed by atoms with Crippen LogP contribution in [0.2, 0.25) is 0 Å². The number of nitrogens with two attached hydrogens (primary N) is 1. The SMILES string of the molecule is CC(C)(C)N.Cc1cc(C(=O)O)ccn1. The van der Waals surface area contributed by atoms with E-state index < -0.39 is 5.97 Å². The first kappa shape index (κ1) is 13.6. The van der Waals surface area contributed by atoms with Gasteiger partial charge in [-0.25, -0.2) is 4.79 Å². The van der Waals surface area contributed by atoms with Crippen LogP contribution in [0.5, 0.6) is 0 Å². The third kappa shape index (κ3) is 8.90. The number of aromatic carboxylic acids is 1. The number of hydrogen-bond donors (Lipinski definition) is 2. The summed E-state index contributed by atoms with van der Waals surface area (Å²) in [5.74, 6) is -0.912. The van der Waals surface area contributed by atoms with Crippen molar-refractivity contribution in [2.24, 2.45) is 5.73 Å². The Labute approximate surface area is 90.1 Å². The largest absolute Gasteiger partial charge is 0.478 e. The third-order valence-electron chi connectivity index (χ3n) is 1.14. The van der Waals surface area contributed by atoms with Crippen LogP contribution in [-0.4, -0.2) is 21.6 Å². The van der Waals surface area contributed by atoms with Crippen molar-refractivity contribution >= 4 is 5.97 Å². The Bertz CT molecular complexity index is 324. The highest BCUT2D eigenvalue weighted by Gasteiger charge is 2.00. The second-order valence-corrected chi connectivity index (χ2v) is 4.36. The number of carboxylic acids is 1. The van der Waals surface area contributed by atoms with E-state index in [0.717, 1.165) is 5.69 Å². The van der Waals surface area contributed by atoms with Crippen LogP contribution < -0.4 is 5.73 Å². The summed E-state index contributed by atoms with van der Waals surface area (Å²) in [6.45, 7) is 7.65. The van der Waals surface area contributed by atoms with E-state index in [-0.39, 0.29) is 11.1 Å². The van der Waals surface area contributed by atoms with E-state index in [1.807, 2.05) is 20.8 Å². The van der Waals surface area contributed by atoms with Gasteiger partial charge < -0.3 is 10.8 Å². The predicted octanol–water partition coefficient (Wildman–Crippen LogP) is 1.83. The lowest BCUT2D eigenvalue weighted by Gasteiger charge is -2.06. The second-order valence-electron chi connectivity index (χ2n) is 4.36. The molecule has 4 nitrogen and oxygen atoms in total. The normalized spacial score (nSPS) is 10.2. The third-order valence-corrected chi connectivity index (χ3v) is 1.14. The molecule has 0 saturated heterocycles. The average Bonchev–Trinajstić information content (AvgIpc) is 2.00. The lowest BCUT2D eigenvalue weighted by Crippen LogP contribution is -2.26. The molecule has 1 heterocycles. The topological polar surface area (TPSA) is 76.2 Å². The average molecular weight is 210 g/mol. The van der Waals surface area contributed by atoms with Crippen LogP contribution in [0, 0.1) is 6.92 Å². The van der Waals surface area contributed by atoms with Crippen LogP contribution in [0.25, 0.3) is 0 Å². The van der Waals surface area contributed by atoms with Crippen LogP contribution in [0.1, 0.15) is 36.8 Å². The van der Waals surface area contributed by atoms with Crippen molar-refractivity contribution in [2.75, 3.05) is 0 Å². The van der Waals surface area contributed by atoms with Gasteiger partial charge in [0.15, 0.2) is 0 Å². The molecule has 0 aliphatic carbocycles. The number of aromatic nitrogens is 1. The highest BCUT2D eigenvalue weighted by Crippen LogP contribution is 1.99.